The summed E-state index contributed by atoms with van der Waals surface area (Å²) in [4.78, 5) is 11.3. The van der Waals surface area contributed by atoms with Crippen molar-refractivity contribution in [1.29, 1.82) is 0 Å². The largest absolute Gasteiger partial charge is 0.418 e. The number of non-ortho nitro benzene ring substituents is 1. The molecule has 0 amide bonds. The zero-order valence-corrected chi connectivity index (χ0v) is 11.4. The van der Waals surface area contributed by atoms with Crippen LogP contribution in [0.4, 0.5) is 24.5 Å². The molecule has 1 aliphatic heterocycles. The maximum absolute atomic E-state index is 13.1. The Hall–Kier alpha value is -1.83. The fraction of sp³-hybridized carbons (Fsp3) is 0.538. The van der Waals surface area contributed by atoms with Crippen molar-refractivity contribution in [1.82, 2.24) is 0 Å². The van der Waals surface area contributed by atoms with E-state index in [0.717, 1.165) is 12.1 Å². The predicted molar refractivity (Wildman–Crippen MR) is 70.2 cm³/mol. The topological polar surface area (TPSA) is 66.6 Å². The normalized spacial score (nSPS) is 18.6. The minimum atomic E-state index is -4.67. The molecule has 0 aromatic heterocycles. The first-order chi connectivity index (χ1) is 9.60. The van der Waals surface area contributed by atoms with Gasteiger partial charge in [0.2, 0.25) is 0 Å². The molecular formula is C13H15F3N2O3. The molecule has 0 atom stereocenters. The van der Waals surface area contributed by atoms with Crippen molar-refractivity contribution < 1.29 is 23.2 Å². The molecule has 1 aromatic carbocycles. The Labute approximate surface area is 119 Å². The van der Waals surface area contributed by atoms with Crippen molar-refractivity contribution >= 4 is 11.4 Å². The van der Waals surface area contributed by atoms with E-state index in [4.69, 9.17) is 0 Å². The maximum Gasteiger partial charge on any atom is 0.418 e. The number of benzene rings is 1. The quantitative estimate of drug-likeness (QED) is 0.674. The van der Waals surface area contributed by atoms with Gasteiger partial charge in [0.25, 0.3) is 5.69 Å². The van der Waals surface area contributed by atoms with Gasteiger partial charge in [-0.15, -0.1) is 0 Å². The van der Waals surface area contributed by atoms with E-state index in [0.29, 0.717) is 18.9 Å². The van der Waals surface area contributed by atoms with Crippen molar-refractivity contribution in [2.75, 3.05) is 18.0 Å². The Morgan fingerprint density at radius 1 is 1.33 bits per heavy atom. The first kappa shape index (κ1) is 15.6. The second-order valence-corrected chi connectivity index (χ2v) is 5.44. The average molecular weight is 304 g/mol. The molecular weight excluding hydrogens is 289 g/mol. The molecule has 5 nitrogen and oxygen atoms in total. The van der Waals surface area contributed by atoms with E-state index in [1.54, 1.807) is 6.92 Å². The van der Waals surface area contributed by atoms with Crippen LogP contribution in [-0.4, -0.2) is 28.7 Å². The molecule has 1 saturated heterocycles. The first-order valence-corrected chi connectivity index (χ1v) is 6.43. The van der Waals surface area contributed by atoms with Crippen LogP contribution < -0.4 is 4.90 Å². The first-order valence-electron chi connectivity index (χ1n) is 6.43. The molecule has 21 heavy (non-hydrogen) atoms. The van der Waals surface area contributed by atoms with E-state index in [1.165, 1.54) is 4.90 Å². The molecule has 0 saturated carbocycles. The number of anilines is 1. The highest BCUT2D eigenvalue weighted by Crippen LogP contribution is 2.40. The van der Waals surface area contributed by atoms with Crippen LogP contribution in [0.25, 0.3) is 0 Å². The van der Waals surface area contributed by atoms with Gasteiger partial charge in [-0.25, -0.2) is 0 Å². The summed E-state index contributed by atoms with van der Waals surface area (Å²) in [5.74, 6) is 0. The van der Waals surface area contributed by atoms with Crippen LogP contribution in [0.15, 0.2) is 18.2 Å². The van der Waals surface area contributed by atoms with Crippen LogP contribution in [0.2, 0.25) is 0 Å². The molecule has 0 radical (unpaired) electrons. The number of piperidine rings is 1. The predicted octanol–water partition coefficient (Wildman–Crippen LogP) is 2.96. The van der Waals surface area contributed by atoms with E-state index in [-0.39, 0.29) is 18.8 Å². The molecule has 1 aromatic rings. The van der Waals surface area contributed by atoms with Gasteiger partial charge in [0.05, 0.1) is 16.1 Å². The molecule has 0 aliphatic carbocycles. The number of nitro benzene ring substituents is 1. The van der Waals surface area contributed by atoms with Gasteiger partial charge >= 0.3 is 6.18 Å². The van der Waals surface area contributed by atoms with Crippen molar-refractivity contribution in [3.05, 3.63) is 33.9 Å². The van der Waals surface area contributed by atoms with E-state index in [2.05, 4.69) is 0 Å². The number of hydrogen-bond acceptors (Lipinski definition) is 4. The second-order valence-electron chi connectivity index (χ2n) is 5.44. The molecule has 8 heteroatoms. The van der Waals surface area contributed by atoms with Gasteiger partial charge < -0.3 is 10.0 Å². The smallest absolute Gasteiger partial charge is 0.390 e. The van der Waals surface area contributed by atoms with Gasteiger partial charge in [0.1, 0.15) is 0 Å². The standard InChI is InChI=1S/C13H15F3N2O3/c1-12(19)4-6-17(7-5-12)11-3-2-9(18(20)21)8-10(11)13(14,15)16/h2-3,8,19H,4-7H2,1H3. The highest BCUT2D eigenvalue weighted by atomic mass is 19.4. The van der Waals surface area contributed by atoms with E-state index < -0.39 is 28.0 Å². The molecule has 1 N–H and O–H groups in total. The third kappa shape index (κ3) is 3.44. The average Bonchev–Trinajstić information content (AvgIpc) is 2.37. The number of hydrogen-bond donors (Lipinski definition) is 1. The molecule has 1 heterocycles. The molecule has 0 unspecified atom stereocenters. The summed E-state index contributed by atoms with van der Waals surface area (Å²) in [5, 5.41) is 20.5. The lowest BCUT2D eigenvalue weighted by Gasteiger charge is -2.38. The summed E-state index contributed by atoms with van der Waals surface area (Å²) in [7, 11) is 0. The van der Waals surface area contributed by atoms with Gasteiger partial charge in [0.15, 0.2) is 0 Å². The number of nitrogens with zero attached hydrogens (tertiary/aromatic N) is 2. The monoisotopic (exact) mass is 304 g/mol. The molecule has 0 bridgehead atoms. The van der Waals surface area contributed by atoms with Crippen LogP contribution in [0.1, 0.15) is 25.3 Å². The summed E-state index contributed by atoms with van der Waals surface area (Å²) in [6.07, 6.45) is -3.97. The lowest BCUT2D eigenvalue weighted by atomic mass is 9.93. The number of rotatable bonds is 2. The van der Waals surface area contributed by atoms with E-state index in [9.17, 15) is 28.4 Å². The third-order valence-electron chi connectivity index (χ3n) is 3.68. The number of halogens is 3. The van der Waals surface area contributed by atoms with Crippen LogP contribution in [0, 0.1) is 10.1 Å². The van der Waals surface area contributed by atoms with Gasteiger partial charge in [-0.3, -0.25) is 10.1 Å². The summed E-state index contributed by atoms with van der Waals surface area (Å²) >= 11 is 0. The van der Waals surface area contributed by atoms with Crippen LogP contribution in [-0.2, 0) is 6.18 Å². The number of nitro groups is 1. The summed E-state index contributed by atoms with van der Waals surface area (Å²) in [5.41, 5.74) is -2.56. The summed E-state index contributed by atoms with van der Waals surface area (Å²) in [6.45, 7) is 2.19. The molecule has 116 valence electrons. The Morgan fingerprint density at radius 3 is 2.38 bits per heavy atom. The SMILES string of the molecule is CC1(O)CCN(c2ccc([N+](=O)[O-])cc2C(F)(F)F)CC1. The Kier molecular flexibility index (Phi) is 3.83. The van der Waals surface area contributed by atoms with E-state index in [1.807, 2.05) is 0 Å². The van der Waals surface area contributed by atoms with Crippen molar-refractivity contribution in [3.8, 4) is 0 Å². The summed E-state index contributed by atoms with van der Waals surface area (Å²) in [6, 6.07) is 2.75. The Morgan fingerprint density at radius 2 is 1.90 bits per heavy atom. The maximum atomic E-state index is 13.1. The second kappa shape index (κ2) is 5.18. The molecule has 2 rings (SSSR count). The van der Waals surface area contributed by atoms with Crippen molar-refractivity contribution in [2.45, 2.75) is 31.5 Å². The van der Waals surface area contributed by atoms with E-state index >= 15 is 0 Å². The van der Waals surface area contributed by atoms with Gasteiger partial charge in [-0.2, -0.15) is 13.2 Å². The van der Waals surface area contributed by atoms with Gasteiger partial charge in [-0.05, 0) is 25.8 Å². The zero-order valence-electron chi connectivity index (χ0n) is 11.4. The summed E-state index contributed by atoms with van der Waals surface area (Å²) < 4.78 is 39.3. The van der Waals surface area contributed by atoms with Crippen LogP contribution >= 0.6 is 0 Å². The molecule has 0 spiro atoms. The van der Waals surface area contributed by atoms with Crippen molar-refractivity contribution in [3.63, 3.8) is 0 Å². The highest BCUT2D eigenvalue weighted by Gasteiger charge is 2.38. The number of aliphatic hydroxyl groups is 1. The zero-order chi connectivity index (χ0) is 15.8. The highest BCUT2D eigenvalue weighted by molar-refractivity contribution is 5.59. The Bertz CT molecular complexity index is 548. The Balaban J connectivity index is 2.37. The number of alkyl halides is 3. The lowest BCUT2D eigenvalue weighted by molar-refractivity contribution is -0.385. The fourth-order valence-electron chi connectivity index (χ4n) is 2.37. The minimum Gasteiger partial charge on any atom is -0.390 e. The molecule has 1 aliphatic rings. The third-order valence-corrected chi connectivity index (χ3v) is 3.68. The van der Waals surface area contributed by atoms with Crippen LogP contribution in [0.5, 0.6) is 0 Å². The van der Waals surface area contributed by atoms with Crippen LogP contribution in [0.3, 0.4) is 0 Å². The van der Waals surface area contributed by atoms with Gasteiger partial charge in [-0.1, -0.05) is 0 Å². The minimum absolute atomic E-state index is 0.0800. The van der Waals surface area contributed by atoms with Gasteiger partial charge in [0, 0.05) is 30.9 Å². The molecule has 1 fully saturated rings. The lowest BCUT2D eigenvalue weighted by Crippen LogP contribution is -2.43. The fourth-order valence-corrected chi connectivity index (χ4v) is 2.37. The van der Waals surface area contributed by atoms with Crippen molar-refractivity contribution in [2.24, 2.45) is 0 Å².